The summed E-state index contributed by atoms with van der Waals surface area (Å²) in [6, 6.07) is 5.68. The van der Waals surface area contributed by atoms with Crippen LogP contribution in [-0.2, 0) is 0 Å². The summed E-state index contributed by atoms with van der Waals surface area (Å²) in [5, 5.41) is 24.0. The average molecular weight is 298 g/mol. The standard InChI is InChI=1S/C13H14N8O/c1-7(8-2-3-10-11(4-8)19-20-18-10)21-6-9(5-16-21)12(22)17-13(14)15/h2-7H,1H3,(H,18,19,20)(H4,14,15,17,22). The first-order chi connectivity index (χ1) is 10.5. The van der Waals surface area contributed by atoms with E-state index >= 15 is 0 Å². The summed E-state index contributed by atoms with van der Waals surface area (Å²) < 4.78 is 1.66. The van der Waals surface area contributed by atoms with Gasteiger partial charge in [-0.2, -0.15) is 5.10 Å². The Labute approximate surface area is 125 Å². The number of nitrogens with one attached hydrogen (secondary N) is 3. The quantitative estimate of drug-likeness (QED) is 0.409. The Balaban J connectivity index is 1.85. The van der Waals surface area contributed by atoms with Gasteiger partial charge in [-0.15, -0.1) is 5.10 Å². The van der Waals surface area contributed by atoms with Crippen LogP contribution in [0.3, 0.4) is 0 Å². The number of amides is 1. The molecular formula is C13H14N8O. The molecule has 0 saturated carbocycles. The van der Waals surface area contributed by atoms with Crippen molar-refractivity contribution >= 4 is 22.9 Å². The molecule has 0 bridgehead atoms. The van der Waals surface area contributed by atoms with Crippen LogP contribution in [0.25, 0.3) is 11.0 Å². The van der Waals surface area contributed by atoms with E-state index in [0.29, 0.717) is 5.56 Å². The third-order valence-electron chi connectivity index (χ3n) is 3.34. The molecule has 0 aliphatic carbocycles. The molecule has 3 aromatic rings. The van der Waals surface area contributed by atoms with E-state index in [1.165, 1.54) is 6.20 Å². The van der Waals surface area contributed by atoms with Crippen molar-refractivity contribution in [3.63, 3.8) is 0 Å². The minimum Gasteiger partial charge on any atom is -0.370 e. The third kappa shape index (κ3) is 2.51. The zero-order valence-electron chi connectivity index (χ0n) is 11.7. The van der Waals surface area contributed by atoms with Crippen molar-refractivity contribution in [3.8, 4) is 0 Å². The molecule has 1 unspecified atom stereocenters. The maximum Gasteiger partial charge on any atom is 0.261 e. The van der Waals surface area contributed by atoms with Gasteiger partial charge in [0.05, 0.1) is 23.3 Å². The molecule has 1 atom stereocenters. The monoisotopic (exact) mass is 298 g/mol. The van der Waals surface area contributed by atoms with Gasteiger partial charge in [-0.25, -0.2) is 0 Å². The summed E-state index contributed by atoms with van der Waals surface area (Å²) in [5.74, 6) is -0.861. The summed E-state index contributed by atoms with van der Waals surface area (Å²) >= 11 is 0. The highest BCUT2D eigenvalue weighted by Crippen LogP contribution is 2.20. The molecule has 0 spiro atoms. The molecule has 5 N–H and O–H groups in total. The number of rotatable bonds is 3. The predicted molar refractivity (Wildman–Crippen MR) is 79.3 cm³/mol. The van der Waals surface area contributed by atoms with E-state index < -0.39 is 11.9 Å². The van der Waals surface area contributed by atoms with Gasteiger partial charge in [0.2, 0.25) is 0 Å². The van der Waals surface area contributed by atoms with Gasteiger partial charge >= 0.3 is 0 Å². The van der Waals surface area contributed by atoms with Crippen molar-refractivity contribution in [2.45, 2.75) is 13.0 Å². The highest BCUT2D eigenvalue weighted by atomic mass is 16.1. The smallest absolute Gasteiger partial charge is 0.261 e. The lowest BCUT2D eigenvalue weighted by Gasteiger charge is -2.12. The van der Waals surface area contributed by atoms with Gasteiger partial charge in [0.25, 0.3) is 5.91 Å². The number of carbonyl (C=O) groups is 1. The van der Waals surface area contributed by atoms with Crippen LogP contribution in [0.2, 0.25) is 0 Å². The van der Waals surface area contributed by atoms with Gasteiger partial charge in [-0.3, -0.25) is 25.3 Å². The number of hydrogen-bond acceptors (Lipinski definition) is 5. The van der Waals surface area contributed by atoms with Crippen LogP contribution in [0, 0.1) is 5.41 Å². The van der Waals surface area contributed by atoms with Gasteiger partial charge < -0.3 is 5.73 Å². The van der Waals surface area contributed by atoms with Gasteiger partial charge in [0, 0.05) is 6.20 Å². The first-order valence-electron chi connectivity index (χ1n) is 6.55. The van der Waals surface area contributed by atoms with Crippen LogP contribution < -0.4 is 11.1 Å². The van der Waals surface area contributed by atoms with Crippen molar-refractivity contribution in [2.24, 2.45) is 5.73 Å². The van der Waals surface area contributed by atoms with Crippen LogP contribution >= 0.6 is 0 Å². The van der Waals surface area contributed by atoms with Crippen molar-refractivity contribution in [1.29, 1.82) is 5.41 Å². The number of guanidine groups is 1. The molecule has 3 rings (SSSR count). The summed E-state index contributed by atoms with van der Waals surface area (Å²) in [7, 11) is 0. The zero-order chi connectivity index (χ0) is 15.7. The Morgan fingerprint density at radius 3 is 3.09 bits per heavy atom. The number of hydrogen-bond donors (Lipinski definition) is 4. The second kappa shape index (κ2) is 5.28. The van der Waals surface area contributed by atoms with Crippen LogP contribution in [0.1, 0.15) is 28.9 Å². The van der Waals surface area contributed by atoms with Gasteiger partial charge in [0.15, 0.2) is 5.96 Å². The number of H-pyrrole nitrogens is 1. The van der Waals surface area contributed by atoms with Gasteiger partial charge in [-0.1, -0.05) is 11.3 Å². The Hall–Kier alpha value is -3.23. The van der Waals surface area contributed by atoms with E-state index in [1.807, 2.05) is 25.1 Å². The largest absolute Gasteiger partial charge is 0.370 e. The zero-order valence-corrected chi connectivity index (χ0v) is 11.7. The lowest BCUT2D eigenvalue weighted by molar-refractivity contribution is 0.0976. The summed E-state index contributed by atoms with van der Waals surface area (Å²) in [5.41, 5.74) is 8.09. The Morgan fingerprint density at radius 2 is 2.32 bits per heavy atom. The summed E-state index contributed by atoms with van der Waals surface area (Å²) in [6.07, 6.45) is 3.04. The fraction of sp³-hybridized carbons (Fsp3) is 0.154. The molecule has 0 aliphatic rings. The second-order valence-corrected chi connectivity index (χ2v) is 4.84. The molecule has 0 aliphatic heterocycles. The molecule has 1 aromatic carbocycles. The van der Waals surface area contributed by atoms with E-state index in [9.17, 15) is 4.79 Å². The molecule has 2 aromatic heterocycles. The van der Waals surface area contributed by atoms with E-state index in [1.54, 1.807) is 10.9 Å². The number of benzene rings is 1. The number of nitrogens with two attached hydrogens (primary N) is 1. The molecule has 22 heavy (non-hydrogen) atoms. The maximum absolute atomic E-state index is 11.8. The predicted octanol–water partition coefficient (Wildman–Crippen LogP) is 0.387. The molecule has 9 nitrogen and oxygen atoms in total. The first-order valence-corrected chi connectivity index (χ1v) is 6.55. The molecule has 2 heterocycles. The number of carbonyl (C=O) groups excluding carboxylic acids is 1. The van der Waals surface area contributed by atoms with Crippen molar-refractivity contribution in [2.75, 3.05) is 0 Å². The van der Waals surface area contributed by atoms with E-state index in [2.05, 4.69) is 25.8 Å². The SMILES string of the molecule is CC(c1ccc2[nH]nnc2c1)n1cc(C(=O)NC(=N)N)cn1. The normalized spacial score (nSPS) is 12.2. The topological polar surface area (TPSA) is 138 Å². The minimum atomic E-state index is -0.460. The number of aromatic amines is 1. The fourth-order valence-corrected chi connectivity index (χ4v) is 2.13. The van der Waals surface area contributed by atoms with E-state index in [4.69, 9.17) is 11.1 Å². The van der Waals surface area contributed by atoms with Crippen LogP contribution in [0.4, 0.5) is 0 Å². The minimum absolute atomic E-state index is 0.0834. The summed E-state index contributed by atoms with van der Waals surface area (Å²) in [6.45, 7) is 1.96. The lowest BCUT2D eigenvalue weighted by atomic mass is 10.1. The third-order valence-corrected chi connectivity index (χ3v) is 3.34. The molecule has 0 radical (unpaired) electrons. The number of aromatic nitrogens is 5. The van der Waals surface area contributed by atoms with Gasteiger partial charge in [-0.05, 0) is 24.6 Å². The highest BCUT2D eigenvalue weighted by molar-refractivity contribution is 6.04. The van der Waals surface area contributed by atoms with Gasteiger partial charge in [0.1, 0.15) is 5.52 Å². The molecule has 1 amide bonds. The molecule has 0 fully saturated rings. The number of fused-ring (bicyclic) bond motifs is 1. The van der Waals surface area contributed by atoms with Crippen LogP contribution in [-0.4, -0.2) is 37.1 Å². The number of nitrogens with zero attached hydrogens (tertiary/aromatic N) is 4. The van der Waals surface area contributed by atoms with Crippen molar-refractivity contribution < 1.29 is 4.79 Å². The Kier molecular flexibility index (Phi) is 3.30. The van der Waals surface area contributed by atoms with Crippen LogP contribution in [0.15, 0.2) is 30.6 Å². The first kappa shape index (κ1) is 13.7. The van der Waals surface area contributed by atoms with E-state index in [-0.39, 0.29) is 6.04 Å². The van der Waals surface area contributed by atoms with Crippen molar-refractivity contribution in [3.05, 3.63) is 41.7 Å². The Morgan fingerprint density at radius 1 is 1.50 bits per heavy atom. The van der Waals surface area contributed by atoms with E-state index in [0.717, 1.165) is 16.6 Å². The van der Waals surface area contributed by atoms with Crippen molar-refractivity contribution in [1.82, 2.24) is 30.5 Å². The Bertz CT molecular complexity index is 848. The maximum atomic E-state index is 11.8. The second-order valence-electron chi connectivity index (χ2n) is 4.84. The molecular weight excluding hydrogens is 284 g/mol. The lowest BCUT2D eigenvalue weighted by Crippen LogP contribution is -2.35. The summed E-state index contributed by atoms with van der Waals surface area (Å²) in [4.78, 5) is 11.8. The fourth-order valence-electron chi connectivity index (χ4n) is 2.13. The molecule has 112 valence electrons. The molecule has 0 saturated heterocycles. The average Bonchev–Trinajstić information content (AvgIpc) is 3.14. The van der Waals surface area contributed by atoms with Crippen LogP contribution in [0.5, 0.6) is 0 Å². The highest BCUT2D eigenvalue weighted by Gasteiger charge is 2.14. The molecule has 9 heteroatoms.